The molecule has 0 aromatic heterocycles. The van der Waals surface area contributed by atoms with Crippen LogP contribution in [0.5, 0.6) is 23.0 Å². The van der Waals surface area contributed by atoms with Gasteiger partial charge in [0.1, 0.15) is 23.0 Å². The number of rotatable bonds is 10. The van der Waals surface area contributed by atoms with E-state index in [1.165, 1.54) is 0 Å². The SMILES string of the molecule is COc1ccc(N(CCN(c2cccc3c2C2(OC(=O)c4ccccc42)c2ccccc2O3)C(C)SC)c2ccc(OC)cc2)cc1. The fraction of sp³-hybridized carbons (Fsp3) is 0.205. The molecule has 0 N–H and O–H groups in total. The van der Waals surface area contributed by atoms with Crippen LogP contribution < -0.4 is 24.0 Å². The summed E-state index contributed by atoms with van der Waals surface area (Å²) in [6, 6.07) is 37.8. The first-order valence-electron chi connectivity index (χ1n) is 15.6. The Hall–Kier alpha value is -5.08. The average molecular weight is 645 g/mol. The molecule has 7 nitrogen and oxygen atoms in total. The number of thioether (sulfide) groups is 1. The molecule has 0 fully saturated rings. The number of nitrogens with zero attached hydrogens (tertiary/aromatic N) is 2. The van der Waals surface area contributed by atoms with Gasteiger partial charge in [-0.15, -0.1) is 11.8 Å². The summed E-state index contributed by atoms with van der Waals surface area (Å²) in [5.74, 6) is 2.61. The summed E-state index contributed by atoms with van der Waals surface area (Å²) in [6.07, 6.45) is 2.12. The number of anilines is 3. The number of para-hydroxylation sites is 1. The molecule has 0 bridgehead atoms. The van der Waals surface area contributed by atoms with Gasteiger partial charge in [-0.25, -0.2) is 4.79 Å². The molecule has 0 radical (unpaired) electrons. The van der Waals surface area contributed by atoms with Crippen LogP contribution in [0.2, 0.25) is 0 Å². The standard InChI is InChI=1S/C39H36N2O5S/c1-26(47-4)40(24-25-41(27-16-20-29(43-2)21-17-27)28-18-22-30(44-3)23-19-28)34-13-9-15-36-37(34)39(33-12-7-8-14-35(33)45-36)32-11-6-5-10-31(32)38(42)46-39/h5-23,26H,24-25H2,1-4H3. The molecule has 2 unspecified atom stereocenters. The van der Waals surface area contributed by atoms with Crippen molar-refractivity contribution in [2.75, 3.05) is 43.4 Å². The summed E-state index contributed by atoms with van der Waals surface area (Å²) in [7, 11) is 3.35. The van der Waals surface area contributed by atoms with E-state index in [0.717, 1.165) is 45.3 Å². The first-order chi connectivity index (χ1) is 23.0. The number of ether oxygens (including phenoxy) is 4. The zero-order valence-corrected chi connectivity index (χ0v) is 27.6. The molecule has 2 heterocycles. The highest BCUT2D eigenvalue weighted by atomic mass is 32.2. The highest BCUT2D eigenvalue weighted by Crippen LogP contribution is 2.58. The Balaban J connectivity index is 1.35. The van der Waals surface area contributed by atoms with Crippen LogP contribution in [-0.2, 0) is 10.3 Å². The van der Waals surface area contributed by atoms with Crippen LogP contribution >= 0.6 is 11.8 Å². The van der Waals surface area contributed by atoms with Crippen molar-refractivity contribution in [3.63, 3.8) is 0 Å². The molecule has 0 aliphatic carbocycles. The third-order valence-electron chi connectivity index (χ3n) is 9.04. The number of esters is 1. The Morgan fingerprint density at radius 2 is 1.32 bits per heavy atom. The van der Waals surface area contributed by atoms with Crippen molar-refractivity contribution in [1.82, 2.24) is 0 Å². The molecule has 2 aliphatic rings. The normalized spacial score (nSPS) is 16.3. The van der Waals surface area contributed by atoms with Crippen molar-refractivity contribution in [1.29, 1.82) is 0 Å². The van der Waals surface area contributed by atoms with Gasteiger partial charge < -0.3 is 28.7 Å². The number of carbonyl (C=O) groups excluding carboxylic acids is 1. The van der Waals surface area contributed by atoms with E-state index in [-0.39, 0.29) is 11.3 Å². The Morgan fingerprint density at radius 1 is 0.723 bits per heavy atom. The molecule has 1 spiro atoms. The van der Waals surface area contributed by atoms with Gasteiger partial charge in [-0.05, 0) is 86.0 Å². The average Bonchev–Trinajstić information content (AvgIpc) is 3.42. The molecule has 2 aliphatic heterocycles. The fourth-order valence-corrected chi connectivity index (χ4v) is 7.14. The number of hydrogen-bond acceptors (Lipinski definition) is 8. The van der Waals surface area contributed by atoms with E-state index >= 15 is 0 Å². The van der Waals surface area contributed by atoms with E-state index in [1.54, 1.807) is 26.0 Å². The summed E-state index contributed by atoms with van der Waals surface area (Å²) < 4.78 is 24.0. The minimum atomic E-state index is -1.16. The van der Waals surface area contributed by atoms with Gasteiger partial charge in [0, 0.05) is 41.3 Å². The van der Waals surface area contributed by atoms with Gasteiger partial charge in [0.25, 0.3) is 0 Å². The van der Waals surface area contributed by atoms with Crippen LogP contribution in [0.1, 0.15) is 34.0 Å². The minimum Gasteiger partial charge on any atom is -0.497 e. The molecule has 7 rings (SSSR count). The lowest BCUT2D eigenvalue weighted by Crippen LogP contribution is -2.41. The third kappa shape index (κ3) is 5.22. The summed E-state index contributed by atoms with van der Waals surface area (Å²) in [4.78, 5) is 18.2. The molecule has 5 aromatic rings. The predicted octanol–water partition coefficient (Wildman–Crippen LogP) is 8.63. The lowest BCUT2D eigenvalue weighted by molar-refractivity contribution is 0.0226. The first kappa shape index (κ1) is 30.6. The number of carbonyl (C=O) groups is 1. The smallest absolute Gasteiger partial charge is 0.340 e. The second-order valence-electron chi connectivity index (χ2n) is 11.4. The fourth-order valence-electron chi connectivity index (χ4n) is 6.67. The van der Waals surface area contributed by atoms with Crippen LogP contribution in [0, 0.1) is 0 Å². The Bertz CT molecular complexity index is 1860. The monoisotopic (exact) mass is 644 g/mol. The van der Waals surface area contributed by atoms with Crippen molar-refractivity contribution < 1.29 is 23.7 Å². The van der Waals surface area contributed by atoms with Crippen molar-refractivity contribution in [3.8, 4) is 23.0 Å². The molecule has 5 aromatic carbocycles. The van der Waals surface area contributed by atoms with Crippen LogP contribution in [0.15, 0.2) is 115 Å². The van der Waals surface area contributed by atoms with Gasteiger partial charge in [0.05, 0.1) is 30.7 Å². The molecule has 8 heteroatoms. The molecule has 47 heavy (non-hydrogen) atoms. The van der Waals surface area contributed by atoms with Gasteiger partial charge >= 0.3 is 5.97 Å². The van der Waals surface area contributed by atoms with Gasteiger partial charge in [0.15, 0.2) is 5.60 Å². The van der Waals surface area contributed by atoms with Crippen molar-refractivity contribution in [2.24, 2.45) is 0 Å². The summed E-state index contributed by atoms with van der Waals surface area (Å²) in [5, 5.41) is 0.0802. The van der Waals surface area contributed by atoms with Gasteiger partial charge in [0.2, 0.25) is 0 Å². The molecular formula is C39H36N2O5S. The summed E-state index contributed by atoms with van der Waals surface area (Å²) >= 11 is 1.76. The van der Waals surface area contributed by atoms with Gasteiger partial charge in [-0.1, -0.05) is 42.5 Å². The number of methoxy groups -OCH3 is 2. The van der Waals surface area contributed by atoms with Crippen molar-refractivity contribution in [3.05, 3.63) is 138 Å². The van der Waals surface area contributed by atoms with E-state index in [0.29, 0.717) is 30.2 Å². The van der Waals surface area contributed by atoms with Gasteiger partial charge in [-0.2, -0.15) is 0 Å². The zero-order valence-electron chi connectivity index (χ0n) is 26.8. The molecule has 0 amide bonds. The second kappa shape index (κ2) is 12.6. The number of benzene rings is 5. The maximum absolute atomic E-state index is 13.5. The van der Waals surface area contributed by atoms with Crippen LogP contribution in [-0.4, -0.2) is 44.9 Å². The predicted molar refractivity (Wildman–Crippen MR) is 188 cm³/mol. The van der Waals surface area contributed by atoms with E-state index < -0.39 is 5.60 Å². The Morgan fingerprint density at radius 3 is 1.96 bits per heavy atom. The minimum absolute atomic E-state index is 0.0802. The first-order valence-corrected chi connectivity index (χ1v) is 16.9. The summed E-state index contributed by atoms with van der Waals surface area (Å²) in [6.45, 7) is 3.52. The highest BCUT2D eigenvalue weighted by molar-refractivity contribution is 7.99. The second-order valence-corrected chi connectivity index (χ2v) is 12.6. The summed E-state index contributed by atoms with van der Waals surface area (Å²) in [5.41, 5.74) is 4.91. The molecule has 2 atom stereocenters. The Kier molecular flexibility index (Phi) is 8.20. The van der Waals surface area contributed by atoms with E-state index in [2.05, 4.69) is 53.3 Å². The van der Waals surface area contributed by atoms with Crippen molar-refractivity contribution in [2.45, 2.75) is 17.9 Å². The Labute approximate surface area is 279 Å². The molecule has 0 saturated carbocycles. The quantitative estimate of drug-likeness (QED) is 0.111. The topological polar surface area (TPSA) is 60.5 Å². The highest BCUT2D eigenvalue weighted by Gasteiger charge is 2.55. The molecular weight excluding hydrogens is 609 g/mol. The van der Waals surface area contributed by atoms with Gasteiger partial charge in [-0.3, -0.25) is 0 Å². The van der Waals surface area contributed by atoms with E-state index in [1.807, 2.05) is 84.9 Å². The lowest BCUT2D eigenvalue weighted by atomic mass is 9.76. The van der Waals surface area contributed by atoms with E-state index in [4.69, 9.17) is 18.9 Å². The number of fused-ring (bicyclic) bond motifs is 6. The lowest BCUT2D eigenvalue weighted by Gasteiger charge is -2.41. The van der Waals surface area contributed by atoms with Crippen LogP contribution in [0.25, 0.3) is 0 Å². The van der Waals surface area contributed by atoms with Crippen LogP contribution in [0.3, 0.4) is 0 Å². The van der Waals surface area contributed by atoms with E-state index in [9.17, 15) is 4.79 Å². The van der Waals surface area contributed by atoms with Crippen LogP contribution in [0.4, 0.5) is 17.1 Å². The zero-order chi connectivity index (χ0) is 32.5. The largest absolute Gasteiger partial charge is 0.497 e. The maximum Gasteiger partial charge on any atom is 0.340 e. The third-order valence-corrected chi connectivity index (χ3v) is 9.97. The van der Waals surface area contributed by atoms with Crippen molar-refractivity contribution >= 4 is 34.8 Å². The number of hydrogen-bond donors (Lipinski definition) is 0. The molecule has 0 saturated heterocycles. The molecule has 238 valence electrons. The maximum atomic E-state index is 13.5.